The fraction of sp³-hybridized carbons (Fsp3) is 0.545. The molecule has 1 aliphatic carbocycles. The Morgan fingerprint density at radius 3 is 2.44 bits per heavy atom. The van der Waals surface area contributed by atoms with E-state index in [1.165, 1.54) is 12.4 Å². The molecule has 0 N–H and O–H groups in total. The molecular formula is C11H11F2N3. The molecule has 0 radical (unpaired) electrons. The molecule has 16 heavy (non-hydrogen) atoms. The van der Waals surface area contributed by atoms with Gasteiger partial charge in [0.2, 0.25) is 0 Å². The van der Waals surface area contributed by atoms with Gasteiger partial charge in [-0.25, -0.2) is 18.7 Å². The van der Waals surface area contributed by atoms with Gasteiger partial charge in [0.25, 0.3) is 6.43 Å². The van der Waals surface area contributed by atoms with Crippen molar-refractivity contribution in [1.82, 2.24) is 9.97 Å². The molecule has 1 aromatic rings. The Morgan fingerprint density at radius 1 is 1.38 bits per heavy atom. The average molecular weight is 223 g/mol. The van der Waals surface area contributed by atoms with Crippen LogP contribution in [0.25, 0.3) is 0 Å². The number of rotatable bonds is 4. The van der Waals surface area contributed by atoms with E-state index in [4.69, 9.17) is 5.26 Å². The van der Waals surface area contributed by atoms with Crippen LogP contribution < -0.4 is 0 Å². The third kappa shape index (κ3) is 2.51. The summed E-state index contributed by atoms with van der Waals surface area (Å²) in [7, 11) is 0. The third-order valence-electron chi connectivity index (χ3n) is 2.71. The van der Waals surface area contributed by atoms with Gasteiger partial charge in [-0.05, 0) is 12.3 Å². The van der Waals surface area contributed by atoms with E-state index in [9.17, 15) is 8.78 Å². The van der Waals surface area contributed by atoms with Crippen molar-refractivity contribution in [2.75, 3.05) is 0 Å². The normalized spacial score (nSPS) is 17.1. The summed E-state index contributed by atoms with van der Waals surface area (Å²) in [5.74, 6) is -0.134. The van der Waals surface area contributed by atoms with Crippen LogP contribution in [-0.2, 0) is 0 Å². The monoisotopic (exact) mass is 223 g/mol. The highest BCUT2D eigenvalue weighted by molar-refractivity contribution is 5.19. The molecule has 1 heterocycles. The molecule has 1 aliphatic rings. The first-order valence-electron chi connectivity index (χ1n) is 5.20. The summed E-state index contributed by atoms with van der Waals surface area (Å²) < 4.78 is 24.4. The molecule has 2 rings (SSSR count). The highest BCUT2D eigenvalue weighted by Crippen LogP contribution is 2.38. The maximum Gasteiger partial charge on any atom is 0.297 e. The smallest absolute Gasteiger partial charge is 0.236 e. The molecule has 3 nitrogen and oxygen atoms in total. The van der Waals surface area contributed by atoms with E-state index in [0.717, 1.165) is 19.3 Å². The molecule has 0 saturated heterocycles. The van der Waals surface area contributed by atoms with Crippen LogP contribution in [0.2, 0.25) is 0 Å². The molecule has 1 fully saturated rings. The molecule has 0 bridgehead atoms. The maximum absolute atomic E-state index is 12.2. The Bertz CT molecular complexity index is 393. The fourth-order valence-electron chi connectivity index (χ4n) is 1.59. The summed E-state index contributed by atoms with van der Waals surface area (Å²) in [6.07, 6.45) is 3.13. The summed E-state index contributed by atoms with van der Waals surface area (Å²) in [6, 6.07) is 2.17. The first-order chi connectivity index (χ1) is 7.70. The SMILES string of the molecule is N#CC(CC1CC1)c1cnc(C(F)F)nc1. The zero-order valence-electron chi connectivity index (χ0n) is 8.61. The van der Waals surface area contributed by atoms with Gasteiger partial charge in [-0.15, -0.1) is 0 Å². The summed E-state index contributed by atoms with van der Waals surface area (Å²) in [6.45, 7) is 0. The molecule has 5 heteroatoms. The van der Waals surface area contributed by atoms with Gasteiger partial charge in [0.05, 0.1) is 12.0 Å². The van der Waals surface area contributed by atoms with Crippen LogP contribution in [0.1, 0.15) is 43.0 Å². The van der Waals surface area contributed by atoms with Crippen molar-refractivity contribution in [1.29, 1.82) is 5.26 Å². The lowest BCUT2D eigenvalue weighted by Crippen LogP contribution is -2.02. The first kappa shape index (κ1) is 10.9. The quantitative estimate of drug-likeness (QED) is 0.788. The van der Waals surface area contributed by atoms with E-state index in [-0.39, 0.29) is 5.92 Å². The van der Waals surface area contributed by atoms with E-state index in [1.54, 1.807) is 0 Å². The first-order valence-corrected chi connectivity index (χ1v) is 5.20. The molecule has 0 aromatic carbocycles. The van der Waals surface area contributed by atoms with Crippen LogP contribution in [0.15, 0.2) is 12.4 Å². The van der Waals surface area contributed by atoms with Gasteiger partial charge in [0.1, 0.15) is 0 Å². The van der Waals surface area contributed by atoms with Gasteiger partial charge in [0, 0.05) is 18.0 Å². The third-order valence-corrected chi connectivity index (χ3v) is 2.71. The van der Waals surface area contributed by atoms with Crippen LogP contribution in [0.5, 0.6) is 0 Å². The molecule has 1 saturated carbocycles. The molecule has 1 unspecified atom stereocenters. The average Bonchev–Trinajstić information content (AvgIpc) is 3.10. The minimum Gasteiger partial charge on any atom is -0.236 e. The number of hydrogen-bond donors (Lipinski definition) is 0. The fourth-order valence-corrected chi connectivity index (χ4v) is 1.59. The molecule has 1 aromatic heterocycles. The Labute approximate surface area is 92.1 Å². The predicted octanol–water partition coefficient (Wildman–Crippen LogP) is 2.82. The number of nitrogens with zero attached hydrogens (tertiary/aromatic N) is 3. The van der Waals surface area contributed by atoms with Crippen molar-refractivity contribution in [3.8, 4) is 6.07 Å². The minimum absolute atomic E-state index is 0.265. The van der Waals surface area contributed by atoms with Gasteiger partial charge in [-0.2, -0.15) is 5.26 Å². The summed E-state index contributed by atoms with van der Waals surface area (Å²) in [4.78, 5) is 7.13. The summed E-state index contributed by atoms with van der Waals surface area (Å²) >= 11 is 0. The predicted molar refractivity (Wildman–Crippen MR) is 52.7 cm³/mol. The van der Waals surface area contributed by atoms with Crippen LogP contribution in [0.4, 0.5) is 8.78 Å². The Balaban J connectivity index is 2.09. The molecule has 0 amide bonds. The second kappa shape index (κ2) is 4.52. The lowest BCUT2D eigenvalue weighted by molar-refractivity contribution is 0.140. The van der Waals surface area contributed by atoms with Crippen LogP contribution in [0, 0.1) is 17.2 Å². The molecule has 1 atom stereocenters. The van der Waals surface area contributed by atoms with E-state index < -0.39 is 12.2 Å². The summed E-state index contributed by atoms with van der Waals surface area (Å²) in [5.41, 5.74) is 0.638. The Morgan fingerprint density at radius 2 is 2.00 bits per heavy atom. The highest BCUT2D eigenvalue weighted by Gasteiger charge is 2.26. The molecular weight excluding hydrogens is 212 g/mol. The number of nitriles is 1. The van der Waals surface area contributed by atoms with Crippen molar-refractivity contribution in [2.24, 2.45) is 5.92 Å². The summed E-state index contributed by atoms with van der Waals surface area (Å²) in [5, 5.41) is 8.98. The minimum atomic E-state index is -2.65. The van der Waals surface area contributed by atoms with E-state index in [1.807, 2.05) is 0 Å². The van der Waals surface area contributed by atoms with Crippen LogP contribution in [0.3, 0.4) is 0 Å². The lowest BCUT2D eigenvalue weighted by Gasteiger charge is -2.07. The highest BCUT2D eigenvalue weighted by atomic mass is 19.3. The van der Waals surface area contributed by atoms with Gasteiger partial charge >= 0.3 is 0 Å². The van der Waals surface area contributed by atoms with E-state index >= 15 is 0 Å². The topological polar surface area (TPSA) is 49.6 Å². The second-order valence-electron chi connectivity index (χ2n) is 4.04. The molecule has 0 aliphatic heterocycles. The number of aromatic nitrogens is 2. The van der Waals surface area contributed by atoms with Gasteiger partial charge < -0.3 is 0 Å². The second-order valence-corrected chi connectivity index (χ2v) is 4.04. The standard InChI is InChI=1S/C11H11F2N3/c12-10(13)11-15-5-9(6-16-11)8(4-14)3-7-1-2-7/h5-8,10H,1-3H2. The zero-order valence-corrected chi connectivity index (χ0v) is 8.61. The van der Waals surface area contributed by atoms with Gasteiger partial charge in [-0.1, -0.05) is 12.8 Å². The number of halogens is 2. The van der Waals surface area contributed by atoms with Gasteiger partial charge in [0.15, 0.2) is 5.82 Å². The van der Waals surface area contributed by atoms with Crippen LogP contribution in [-0.4, -0.2) is 9.97 Å². The maximum atomic E-state index is 12.2. The largest absolute Gasteiger partial charge is 0.297 e. The van der Waals surface area contributed by atoms with Crippen molar-refractivity contribution in [2.45, 2.75) is 31.6 Å². The van der Waals surface area contributed by atoms with Crippen LogP contribution >= 0.6 is 0 Å². The Kier molecular flexibility index (Phi) is 3.09. The van der Waals surface area contributed by atoms with Crippen molar-refractivity contribution >= 4 is 0 Å². The van der Waals surface area contributed by atoms with Gasteiger partial charge in [-0.3, -0.25) is 0 Å². The van der Waals surface area contributed by atoms with E-state index in [0.29, 0.717) is 11.5 Å². The molecule has 84 valence electrons. The molecule has 0 spiro atoms. The van der Waals surface area contributed by atoms with E-state index in [2.05, 4.69) is 16.0 Å². The number of alkyl halides is 2. The lowest BCUT2D eigenvalue weighted by atomic mass is 9.97. The zero-order chi connectivity index (χ0) is 11.5. The van der Waals surface area contributed by atoms with Crippen molar-refractivity contribution in [3.63, 3.8) is 0 Å². The van der Waals surface area contributed by atoms with Crippen molar-refractivity contribution in [3.05, 3.63) is 23.8 Å². The van der Waals surface area contributed by atoms with Crippen molar-refractivity contribution < 1.29 is 8.78 Å². The number of hydrogen-bond acceptors (Lipinski definition) is 3. The Hall–Kier alpha value is -1.57.